The van der Waals surface area contributed by atoms with Gasteiger partial charge in [-0.15, -0.1) is 0 Å². The molecule has 0 atom stereocenters. The van der Waals surface area contributed by atoms with Crippen LogP contribution in [-0.4, -0.2) is 59.9 Å². The van der Waals surface area contributed by atoms with Gasteiger partial charge in [-0.05, 0) is 24.3 Å². The number of fused-ring (bicyclic) bond motifs is 1. The first-order valence-corrected chi connectivity index (χ1v) is 8.96. The molecular weight excluding hydrogens is 342 g/mol. The maximum absolute atomic E-state index is 12.9. The topological polar surface area (TPSA) is 65.6 Å². The Kier molecular flexibility index (Phi) is 4.54. The number of nitrogens with zero attached hydrogens (tertiary/aromatic N) is 2. The molecule has 3 aromatic rings. The third-order valence-corrected chi connectivity index (χ3v) is 4.99. The van der Waals surface area contributed by atoms with Crippen LogP contribution >= 0.6 is 0 Å². The van der Waals surface area contributed by atoms with Crippen molar-refractivity contribution in [2.24, 2.45) is 0 Å². The summed E-state index contributed by atoms with van der Waals surface area (Å²) in [4.78, 5) is 32.3. The van der Waals surface area contributed by atoms with E-state index in [4.69, 9.17) is 4.74 Å². The van der Waals surface area contributed by atoms with Gasteiger partial charge in [-0.2, -0.15) is 0 Å². The lowest BCUT2D eigenvalue weighted by atomic mass is 10.1. The number of para-hydroxylation sites is 1. The second-order valence-corrected chi connectivity index (χ2v) is 6.56. The van der Waals surface area contributed by atoms with Crippen LogP contribution in [0.5, 0.6) is 5.75 Å². The van der Waals surface area contributed by atoms with Crippen molar-refractivity contribution in [3.8, 4) is 5.75 Å². The number of amides is 2. The number of hydrogen-bond donors (Lipinski definition) is 1. The van der Waals surface area contributed by atoms with Crippen LogP contribution in [0.1, 0.15) is 20.7 Å². The molecule has 1 saturated heterocycles. The standard InChI is InChI=1S/C21H21N3O3/c1-27-16-6-4-5-15(13-16)20(25)23-9-11-24(12-10-23)21(26)18-14-22-19-8-3-2-7-17(18)19/h2-8,13-14,22H,9-12H2,1H3. The van der Waals surface area contributed by atoms with Crippen LogP contribution < -0.4 is 4.74 Å². The molecule has 6 heteroatoms. The molecule has 1 aromatic heterocycles. The molecule has 2 aromatic carbocycles. The number of hydrogen-bond acceptors (Lipinski definition) is 3. The molecule has 138 valence electrons. The van der Waals surface area contributed by atoms with E-state index in [2.05, 4.69) is 4.98 Å². The molecule has 6 nitrogen and oxygen atoms in total. The molecule has 0 bridgehead atoms. The van der Waals surface area contributed by atoms with E-state index in [-0.39, 0.29) is 11.8 Å². The monoisotopic (exact) mass is 363 g/mol. The predicted molar refractivity (Wildman–Crippen MR) is 103 cm³/mol. The average molecular weight is 363 g/mol. The van der Waals surface area contributed by atoms with Crippen molar-refractivity contribution in [3.05, 3.63) is 65.9 Å². The van der Waals surface area contributed by atoms with E-state index in [0.717, 1.165) is 10.9 Å². The lowest BCUT2D eigenvalue weighted by Gasteiger charge is -2.34. The van der Waals surface area contributed by atoms with Crippen LogP contribution in [0.2, 0.25) is 0 Å². The van der Waals surface area contributed by atoms with Crippen LogP contribution in [0.15, 0.2) is 54.7 Å². The van der Waals surface area contributed by atoms with Crippen molar-refractivity contribution in [3.63, 3.8) is 0 Å². The lowest BCUT2D eigenvalue weighted by Crippen LogP contribution is -2.50. The molecular formula is C21H21N3O3. The molecule has 0 radical (unpaired) electrons. The second kappa shape index (κ2) is 7.15. The van der Waals surface area contributed by atoms with Gasteiger partial charge in [0.1, 0.15) is 5.75 Å². The minimum absolute atomic E-state index is 0.000860. The van der Waals surface area contributed by atoms with Gasteiger partial charge >= 0.3 is 0 Å². The summed E-state index contributed by atoms with van der Waals surface area (Å²) >= 11 is 0. The number of aromatic amines is 1. The summed E-state index contributed by atoms with van der Waals surface area (Å²) in [5.41, 5.74) is 2.23. The van der Waals surface area contributed by atoms with E-state index in [1.807, 2.05) is 41.3 Å². The van der Waals surface area contributed by atoms with E-state index < -0.39 is 0 Å². The van der Waals surface area contributed by atoms with Gasteiger partial charge in [0.2, 0.25) is 0 Å². The third-order valence-electron chi connectivity index (χ3n) is 4.99. The summed E-state index contributed by atoms with van der Waals surface area (Å²) in [6.45, 7) is 2.08. The Morgan fingerprint density at radius 1 is 0.926 bits per heavy atom. The van der Waals surface area contributed by atoms with E-state index in [0.29, 0.717) is 43.1 Å². The highest BCUT2D eigenvalue weighted by Gasteiger charge is 2.26. The van der Waals surface area contributed by atoms with Crippen molar-refractivity contribution >= 4 is 22.7 Å². The molecule has 0 unspecified atom stereocenters. The Balaban J connectivity index is 1.44. The SMILES string of the molecule is COc1cccc(C(=O)N2CCN(C(=O)c3c[nH]c4ccccc34)CC2)c1. The van der Waals surface area contributed by atoms with Gasteiger partial charge in [-0.25, -0.2) is 0 Å². The number of H-pyrrole nitrogens is 1. The maximum Gasteiger partial charge on any atom is 0.256 e. The van der Waals surface area contributed by atoms with E-state index >= 15 is 0 Å². The van der Waals surface area contributed by atoms with E-state index in [1.54, 1.807) is 30.3 Å². The van der Waals surface area contributed by atoms with Gasteiger partial charge < -0.3 is 19.5 Å². The highest BCUT2D eigenvalue weighted by atomic mass is 16.5. The number of carbonyl (C=O) groups excluding carboxylic acids is 2. The molecule has 2 amide bonds. The Hall–Kier alpha value is -3.28. The second-order valence-electron chi connectivity index (χ2n) is 6.56. The minimum Gasteiger partial charge on any atom is -0.497 e. The predicted octanol–water partition coefficient (Wildman–Crippen LogP) is 2.77. The number of nitrogens with one attached hydrogen (secondary N) is 1. The Bertz CT molecular complexity index is 987. The number of ether oxygens (including phenoxy) is 1. The zero-order chi connectivity index (χ0) is 18.8. The molecule has 1 N–H and O–H groups in total. The number of methoxy groups -OCH3 is 1. The van der Waals surface area contributed by atoms with Gasteiger partial charge in [-0.1, -0.05) is 24.3 Å². The fourth-order valence-electron chi connectivity index (χ4n) is 3.47. The van der Waals surface area contributed by atoms with Crippen LogP contribution in [-0.2, 0) is 0 Å². The lowest BCUT2D eigenvalue weighted by molar-refractivity contribution is 0.0536. The Morgan fingerprint density at radius 3 is 2.37 bits per heavy atom. The van der Waals surface area contributed by atoms with Gasteiger partial charge in [0.15, 0.2) is 0 Å². The number of carbonyl (C=O) groups is 2. The number of rotatable bonds is 3. The quantitative estimate of drug-likeness (QED) is 0.778. The number of aromatic nitrogens is 1. The smallest absolute Gasteiger partial charge is 0.256 e. The van der Waals surface area contributed by atoms with Gasteiger partial charge in [0, 0.05) is 48.8 Å². The summed E-state index contributed by atoms with van der Waals surface area (Å²) < 4.78 is 5.19. The van der Waals surface area contributed by atoms with Crippen molar-refractivity contribution in [1.82, 2.24) is 14.8 Å². The minimum atomic E-state index is -0.0342. The molecule has 1 aliphatic heterocycles. The largest absolute Gasteiger partial charge is 0.497 e. The number of benzene rings is 2. The summed E-state index contributed by atoms with van der Waals surface area (Å²) in [7, 11) is 1.58. The van der Waals surface area contributed by atoms with E-state index in [9.17, 15) is 9.59 Å². The van der Waals surface area contributed by atoms with Crippen LogP contribution in [0.25, 0.3) is 10.9 Å². The van der Waals surface area contributed by atoms with Crippen molar-refractivity contribution in [2.75, 3.05) is 33.3 Å². The highest BCUT2D eigenvalue weighted by molar-refractivity contribution is 6.06. The highest BCUT2D eigenvalue weighted by Crippen LogP contribution is 2.21. The molecule has 0 spiro atoms. The summed E-state index contributed by atoms with van der Waals surface area (Å²) in [6, 6.07) is 14.9. The molecule has 1 aliphatic rings. The first-order chi connectivity index (χ1) is 13.2. The molecule has 2 heterocycles. The van der Waals surface area contributed by atoms with Crippen LogP contribution in [0.4, 0.5) is 0 Å². The normalized spacial score (nSPS) is 14.4. The summed E-state index contributed by atoms with van der Waals surface area (Å²) in [6.07, 6.45) is 1.76. The maximum atomic E-state index is 12.9. The van der Waals surface area contributed by atoms with E-state index in [1.165, 1.54) is 0 Å². The summed E-state index contributed by atoms with van der Waals surface area (Å²) in [5, 5.41) is 0.928. The molecule has 0 saturated carbocycles. The van der Waals surface area contributed by atoms with Crippen LogP contribution in [0.3, 0.4) is 0 Å². The molecule has 4 rings (SSSR count). The molecule has 0 aliphatic carbocycles. The zero-order valence-corrected chi connectivity index (χ0v) is 15.1. The van der Waals surface area contributed by atoms with Gasteiger partial charge in [-0.3, -0.25) is 9.59 Å². The van der Waals surface area contributed by atoms with Crippen LogP contribution in [0, 0.1) is 0 Å². The molecule has 27 heavy (non-hydrogen) atoms. The summed E-state index contributed by atoms with van der Waals surface area (Å²) in [5.74, 6) is 0.628. The fraction of sp³-hybridized carbons (Fsp3) is 0.238. The van der Waals surface area contributed by atoms with Gasteiger partial charge in [0.25, 0.3) is 11.8 Å². The fourth-order valence-corrected chi connectivity index (χ4v) is 3.47. The van der Waals surface area contributed by atoms with Gasteiger partial charge in [0.05, 0.1) is 12.7 Å². The average Bonchev–Trinajstić information content (AvgIpc) is 3.17. The van der Waals surface area contributed by atoms with Crippen molar-refractivity contribution in [2.45, 2.75) is 0 Å². The zero-order valence-electron chi connectivity index (χ0n) is 15.1. The van der Waals surface area contributed by atoms with Crippen molar-refractivity contribution < 1.29 is 14.3 Å². The Morgan fingerprint density at radius 2 is 1.63 bits per heavy atom. The third kappa shape index (κ3) is 3.26. The number of piperazine rings is 1. The van der Waals surface area contributed by atoms with Crippen molar-refractivity contribution in [1.29, 1.82) is 0 Å². The first-order valence-electron chi connectivity index (χ1n) is 8.96. The Labute approximate surface area is 157 Å². The first kappa shape index (κ1) is 17.1. The molecule has 1 fully saturated rings.